The van der Waals surface area contributed by atoms with E-state index >= 15 is 0 Å². The van der Waals surface area contributed by atoms with Gasteiger partial charge >= 0.3 is 0 Å². The first-order chi connectivity index (χ1) is 4.25. The monoisotopic (exact) mass is 188 g/mol. The Balaban J connectivity index is 0.000000810. The minimum atomic E-state index is 0. The number of hydrogen-bond donors (Lipinski definition) is 0. The molecule has 1 rings (SSSR count). The molecule has 0 aliphatic rings. The van der Waals surface area contributed by atoms with Crippen LogP contribution in [-0.2, 0) is 26.5 Å². The Bertz CT molecular complexity index is 232. The molecule has 0 bridgehead atoms. The number of imidazole rings is 1. The molecule has 0 spiro atoms. The molecule has 0 saturated heterocycles. The van der Waals surface area contributed by atoms with Crippen LogP contribution in [0.2, 0.25) is 0 Å². The minimum absolute atomic E-state index is 0. The zero-order valence-electron chi connectivity index (χ0n) is 6.16. The Hall–Kier alpha value is -0.497. The van der Waals surface area contributed by atoms with E-state index in [2.05, 4.69) is 4.98 Å². The van der Waals surface area contributed by atoms with E-state index in [9.17, 15) is 4.79 Å². The molecule has 0 N–H and O–H groups in total. The van der Waals surface area contributed by atoms with E-state index in [1.165, 1.54) is 0 Å². The summed E-state index contributed by atoms with van der Waals surface area (Å²) >= 11 is 0. The molecule has 50 valence electrons. The third-order valence-electron chi connectivity index (χ3n) is 1.38. The van der Waals surface area contributed by atoms with Gasteiger partial charge in [-0.15, -0.1) is 0 Å². The van der Waals surface area contributed by atoms with Gasteiger partial charge in [-0.05, 0) is 6.92 Å². The van der Waals surface area contributed by atoms with E-state index in [4.69, 9.17) is 0 Å². The second-order valence-corrected chi connectivity index (χ2v) is 1.94. The fourth-order valence-electron chi connectivity index (χ4n) is 0.625. The van der Waals surface area contributed by atoms with Gasteiger partial charge < -0.3 is 4.57 Å². The second-order valence-electron chi connectivity index (χ2n) is 1.94. The Labute approximate surface area is 72.2 Å². The molecule has 1 aromatic heterocycles. The summed E-state index contributed by atoms with van der Waals surface area (Å²) in [4.78, 5) is 14.0. The maximum atomic E-state index is 10.2. The molecule has 4 heteroatoms. The zero-order valence-corrected chi connectivity index (χ0v) is 9.13. The van der Waals surface area contributed by atoms with Crippen LogP contribution in [0.1, 0.15) is 16.2 Å². The molecule has 0 amide bonds. The summed E-state index contributed by atoms with van der Waals surface area (Å²) < 4.78 is 1.81. The van der Waals surface area contributed by atoms with E-state index in [-0.39, 0.29) is 19.5 Å². The third-order valence-corrected chi connectivity index (χ3v) is 1.38. The van der Waals surface area contributed by atoms with Gasteiger partial charge in [0.15, 0.2) is 6.29 Å². The van der Waals surface area contributed by atoms with Gasteiger partial charge in [0.1, 0.15) is 5.69 Å². The fraction of sp³-hybridized carbons (Fsp3) is 0.333. The quantitative estimate of drug-likeness (QED) is 0.477. The average molecular weight is 190 g/mol. The van der Waals surface area contributed by atoms with Gasteiger partial charge in [-0.25, -0.2) is 4.98 Å². The number of aldehydes is 1. The SMILES string of the molecule is Cc1c(C=O)ncn1C.[Zn]. The minimum Gasteiger partial charge on any atom is -0.337 e. The fourth-order valence-corrected chi connectivity index (χ4v) is 0.625. The average Bonchev–Trinajstić information content (AvgIpc) is 2.15. The summed E-state index contributed by atoms with van der Waals surface area (Å²) in [5.74, 6) is 0. The normalized spacial score (nSPS) is 8.60. The summed E-state index contributed by atoms with van der Waals surface area (Å²) in [5.41, 5.74) is 1.43. The van der Waals surface area contributed by atoms with Crippen molar-refractivity contribution in [2.75, 3.05) is 0 Å². The molecule has 3 nitrogen and oxygen atoms in total. The number of carbonyl (C=O) groups excluding carboxylic acids is 1. The van der Waals surface area contributed by atoms with Crippen molar-refractivity contribution in [1.82, 2.24) is 9.55 Å². The Morgan fingerprint density at radius 2 is 2.30 bits per heavy atom. The molecule has 0 fully saturated rings. The standard InChI is InChI=1S/C6H8N2O.Zn/c1-5-6(3-9)7-4-8(5)2;/h3-4H,1-2H3;. The molecule has 0 saturated carbocycles. The number of hydrogen-bond acceptors (Lipinski definition) is 2. The van der Waals surface area contributed by atoms with Gasteiger partial charge in [-0.2, -0.15) is 0 Å². The van der Waals surface area contributed by atoms with Crippen LogP contribution in [-0.4, -0.2) is 15.8 Å². The van der Waals surface area contributed by atoms with Crippen molar-refractivity contribution in [2.24, 2.45) is 7.05 Å². The van der Waals surface area contributed by atoms with Crippen molar-refractivity contribution >= 4 is 6.29 Å². The van der Waals surface area contributed by atoms with Crippen molar-refractivity contribution in [1.29, 1.82) is 0 Å². The summed E-state index contributed by atoms with van der Waals surface area (Å²) in [6.45, 7) is 1.86. The van der Waals surface area contributed by atoms with Crippen molar-refractivity contribution in [3.05, 3.63) is 17.7 Å². The first kappa shape index (κ1) is 9.50. The molecule has 0 radical (unpaired) electrons. The van der Waals surface area contributed by atoms with Crippen molar-refractivity contribution in [2.45, 2.75) is 6.92 Å². The van der Waals surface area contributed by atoms with E-state index in [0.717, 1.165) is 12.0 Å². The van der Waals surface area contributed by atoms with E-state index < -0.39 is 0 Å². The smallest absolute Gasteiger partial charge is 0.170 e. The largest absolute Gasteiger partial charge is 0.337 e. The maximum Gasteiger partial charge on any atom is 0.170 e. The second kappa shape index (κ2) is 3.62. The molecule has 0 unspecified atom stereocenters. The van der Waals surface area contributed by atoms with Gasteiger partial charge in [-0.3, -0.25) is 4.79 Å². The number of aryl methyl sites for hydroxylation is 1. The van der Waals surface area contributed by atoms with Crippen molar-refractivity contribution in [3.8, 4) is 0 Å². The van der Waals surface area contributed by atoms with Gasteiger partial charge in [0.2, 0.25) is 0 Å². The van der Waals surface area contributed by atoms with Crippen LogP contribution in [0.3, 0.4) is 0 Å². The summed E-state index contributed by atoms with van der Waals surface area (Å²) in [5, 5.41) is 0. The van der Waals surface area contributed by atoms with Gasteiger partial charge in [-0.1, -0.05) is 0 Å². The summed E-state index contributed by atoms with van der Waals surface area (Å²) in [6.07, 6.45) is 2.38. The molecular formula is C6H8N2OZn. The maximum absolute atomic E-state index is 10.2. The Kier molecular flexibility index (Phi) is 3.44. The number of carbonyl (C=O) groups is 1. The van der Waals surface area contributed by atoms with Crippen LogP contribution >= 0.6 is 0 Å². The topological polar surface area (TPSA) is 34.9 Å². The molecule has 1 aromatic rings. The summed E-state index contributed by atoms with van der Waals surface area (Å²) in [6, 6.07) is 0. The van der Waals surface area contributed by atoms with Crippen molar-refractivity contribution < 1.29 is 24.3 Å². The first-order valence-corrected chi connectivity index (χ1v) is 2.69. The van der Waals surface area contributed by atoms with Crippen LogP contribution < -0.4 is 0 Å². The van der Waals surface area contributed by atoms with E-state index in [0.29, 0.717) is 5.69 Å². The Morgan fingerprint density at radius 3 is 2.50 bits per heavy atom. The third kappa shape index (κ3) is 1.51. The van der Waals surface area contributed by atoms with Crippen LogP contribution in [0, 0.1) is 6.92 Å². The zero-order chi connectivity index (χ0) is 6.85. The molecule has 1 heterocycles. The molecule has 0 aliphatic carbocycles. The predicted molar refractivity (Wildman–Crippen MR) is 33.3 cm³/mol. The van der Waals surface area contributed by atoms with E-state index in [1.54, 1.807) is 6.33 Å². The Morgan fingerprint density at radius 1 is 1.70 bits per heavy atom. The first-order valence-electron chi connectivity index (χ1n) is 2.69. The van der Waals surface area contributed by atoms with Crippen LogP contribution in [0.25, 0.3) is 0 Å². The number of nitrogens with zero attached hydrogens (tertiary/aromatic N) is 2. The van der Waals surface area contributed by atoms with E-state index in [1.807, 2.05) is 18.5 Å². The molecule has 0 aromatic carbocycles. The molecule has 10 heavy (non-hydrogen) atoms. The van der Waals surface area contributed by atoms with Gasteiger partial charge in [0.25, 0.3) is 0 Å². The van der Waals surface area contributed by atoms with Crippen LogP contribution in [0.4, 0.5) is 0 Å². The molecule has 0 atom stereocenters. The molecular weight excluding hydrogens is 181 g/mol. The van der Waals surface area contributed by atoms with Crippen LogP contribution in [0.5, 0.6) is 0 Å². The van der Waals surface area contributed by atoms with Gasteiger partial charge in [0.05, 0.1) is 6.33 Å². The van der Waals surface area contributed by atoms with Crippen LogP contribution in [0.15, 0.2) is 6.33 Å². The molecule has 0 aliphatic heterocycles. The van der Waals surface area contributed by atoms with Crippen molar-refractivity contribution in [3.63, 3.8) is 0 Å². The number of aromatic nitrogens is 2. The predicted octanol–water partition coefficient (Wildman–Crippen LogP) is 0.539. The summed E-state index contributed by atoms with van der Waals surface area (Å²) in [7, 11) is 1.86. The van der Waals surface area contributed by atoms with Gasteiger partial charge in [0, 0.05) is 32.2 Å². The number of rotatable bonds is 1.